The first-order chi connectivity index (χ1) is 23.3. The van der Waals surface area contributed by atoms with Crippen molar-refractivity contribution in [2.45, 2.75) is 0 Å². The second-order valence-electron chi connectivity index (χ2n) is 12.2. The lowest BCUT2D eigenvalue weighted by Crippen LogP contribution is -2.11. The highest BCUT2D eigenvalue weighted by molar-refractivity contribution is 6.30. The highest BCUT2D eigenvalue weighted by atomic mass is 15.1. The van der Waals surface area contributed by atoms with E-state index >= 15 is 0 Å². The average Bonchev–Trinajstić information content (AvgIpc) is 3.15. The van der Waals surface area contributed by atoms with Gasteiger partial charge in [-0.3, -0.25) is 0 Å². The molecule has 47 heavy (non-hydrogen) atoms. The highest BCUT2D eigenvalue weighted by Gasteiger charge is 2.20. The number of rotatable bonds is 5. The molecule has 0 aliphatic carbocycles. The number of anilines is 3. The zero-order valence-corrected chi connectivity index (χ0v) is 25.8. The van der Waals surface area contributed by atoms with Crippen LogP contribution in [0.25, 0.3) is 65.3 Å². The number of nitrogens with zero attached hydrogens (tertiary/aromatic N) is 1. The van der Waals surface area contributed by atoms with Gasteiger partial charge in [-0.1, -0.05) is 158 Å². The average molecular weight is 598 g/mol. The number of hydrogen-bond donors (Lipinski definition) is 0. The molecule has 0 heterocycles. The SMILES string of the molecule is c1ccc(-c2ccc(N(c3cccc(-c4ccccc4)c3)c3cc4ccc5ccccc5c4c4c3ccc3ccccc34)cc2)cc1. The summed E-state index contributed by atoms with van der Waals surface area (Å²) < 4.78 is 0. The first-order valence-corrected chi connectivity index (χ1v) is 16.2. The van der Waals surface area contributed by atoms with Crippen molar-refractivity contribution >= 4 is 60.2 Å². The number of hydrogen-bond acceptors (Lipinski definition) is 1. The number of fused-ring (bicyclic) bond motifs is 7. The van der Waals surface area contributed by atoms with Crippen LogP contribution in [0.4, 0.5) is 17.1 Å². The molecule has 0 radical (unpaired) electrons. The third kappa shape index (κ3) is 4.72. The summed E-state index contributed by atoms with van der Waals surface area (Å²) in [5.41, 5.74) is 8.20. The molecule has 0 aliphatic rings. The van der Waals surface area contributed by atoms with Crippen molar-refractivity contribution in [1.29, 1.82) is 0 Å². The van der Waals surface area contributed by atoms with Crippen molar-refractivity contribution < 1.29 is 0 Å². The van der Waals surface area contributed by atoms with E-state index in [2.05, 4.69) is 193 Å². The van der Waals surface area contributed by atoms with Gasteiger partial charge in [0, 0.05) is 22.1 Å². The third-order valence-electron chi connectivity index (χ3n) is 9.39. The van der Waals surface area contributed by atoms with Gasteiger partial charge in [0.15, 0.2) is 0 Å². The van der Waals surface area contributed by atoms with E-state index < -0.39 is 0 Å². The molecule has 1 nitrogen and oxygen atoms in total. The maximum absolute atomic E-state index is 2.44. The van der Waals surface area contributed by atoms with Gasteiger partial charge >= 0.3 is 0 Å². The van der Waals surface area contributed by atoms with E-state index in [1.54, 1.807) is 0 Å². The number of benzene rings is 9. The summed E-state index contributed by atoms with van der Waals surface area (Å²) in [4.78, 5) is 2.44. The van der Waals surface area contributed by atoms with Crippen LogP contribution in [0.1, 0.15) is 0 Å². The highest BCUT2D eigenvalue weighted by Crippen LogP contribution is 2.46. The van der Waals surface area contributed by atoms with Crippen molar-refractivity contribution in [3.63, 3.8) is 0 Å². The fourth-order valence-corrected chi connectivity index (χ4v) is 7.17. The summed E-state index contributed by atoms with van der Waals surface area (Å²) in [6, 6.07) is 68.3. The molecule has 220 valence electrons. The minimum absolute atomic E-state index is 1.12. The molecule has 0 N–H and O–H groups in total. The lowest BCUT2D eigenvalue weighted by molar-refractivity contribution is 1.30. The van der Waals surface area contributed by atoms with Crippen LogP contribution in [0, 0.1) is 0 Å². The maximum Gasteiger partial charge on any atom is 0.0546 e. The maximum atomic E-state index is 2.44. The van der Waals surface area contributed by atoms with Gasteiger partial charge in [0.1, 0.15) is 0 Å². The summed E-state index contributed by atoms with van der Waals surface area (Å²) in [6.45, 7) is 0. The normalized spacial score (nSPS) is 11.4. The Bertz CT molecular complexity index is 2550. The predicted octanol–water partition coefficient (Wildman–Crippen LogP) is 13.1. The lowest BCUT2D eigenvalue weighted by atomic mass is 9.91. The molecule has 0 saturated carbocycles. The minimum Gasteiger partial charge on any atom is -0.310 e. The van der Waals surface area contributed by atoms with Crippen LogP contribution in [0.2, 0.25) is 0 Å². The van der Waals surface area contributed by atoms with Gasteiger partial charge in [0.2, 0.25) is 0 Å². The van der Waals surface area contributed by atoms with Crippen LogP contribution >= 0.6 is 0 Å². The van der Waals surface area contributed by atoms with Gasteiger partial charge in [-0.25, -0.2) is 0 Å². The summed E-state index contributed by atoms with van der Waals surface area (Å²) in [7, 11) is 0. The largest absolute Gasteiger partial charge is 0.310 e. The Balaban J connectivity index is 1.36. The standard InChI is InChI=1S/C46H31N/c1-3-12-32(13-4-1)34-24-27-39(28-25-34)47(40-19-11-18-37(30-40)33-14-5-2-6-15-33)44-31-38-23-22-35-16-7-9-20-41(35)45(38)46-42-21-10-8-17-36(42)26-29-43(44)46/h1-31H. The van der Waals surface area contributed by atoms with Crippen molar-refractivity contribution in [1.82, 2.24) is 0 Å². The third-order valence-corrected chi connectivity index (χ3v) is 9.39. The van der Waals surface area contributed by atoms with Crippen LogP contribution in [0.15, 0.2) is 188 Å². The molecule has 1 heteroatoms. The Morgan fingerprint density at radius 3 is 1.51 bits per heavy atom. The molecule has 0 fully saturated rings. The summed E-state index contributed by atoms with van der Waals surface area (Å²) in [5, 5.41) is 10.1. The molecule has 0 atom stereocenters. The molecular formula is C46H31N. The van der Waals surface area contributed by atoms with Gasteiger partial charge < -0.3 is 4.90 Å². The van der Waals surface area contributed by atoms with Crippen LogP contribution in [-0.2, 0) is 0 Å². The fraction of sp³-hybridized carbons (Fsp3) is 0. The molecule has 9 aromatic carbocycles. The van der Waals surface area contributed by atoms with E-state index in [-0.39, 0.29) is 0 Å². The molecule has 9 aromatic rings. The minimum atomic E-state index is 1.12. The molecule has 0 bridgehead atoms. The first kappa shape index (κ1) is 27.2. The van der Waals surface area contributed by atoms with Crippen molar-refractivity contribution in [2.24, 2.45) is 0 Å². The van der Waals surface area contributed by atoms with E-state index in [9.17, 15) is 0 Å². The van der Waals surface area contributed by atoms with E-state index in [1.807, 2.05) is 0 Å². The van der Waals surface area contributed by atoms with Gasteiger partial charge in [-0.15, -0.1) is 0 Å². The monoisotopic (exact) mass is 597 g/mol. The zero-order valence-electron chi connectivity index (χ0n) is 25.8. The molecule has 0 spiro atoms. The second kappa shape index (κ2) is 11.3. The Morgan fingerprint density at radius 2 is 0.809 bits per heavy atom. The van der Waals surface area contributed by atoms with Crippen LogP contribution in [-0.4, -0.2) is 0 Å². The lowest BCUT2D eigenvalue weighted by Gasteiger charge is -2.29. The Morgan fingerprint density at radius 1 is 0.277 bits per heavy atom. The van der Waals surface area contributed by atoms with E-state index in [4.69, 9.17) is 0 Å². The van der Waals surface area contributed by atoms with Crippen LogP contribution in [0.5, 0.6) is 0 Å². The molecule has 0 saturated heterocycles. The molecule has 9 rings (SSSR count). The molecule has 0 amide bonds. The van der Waals surface area contributed by atoms with Gasteiger partial charge in [-0.05, 0) is 84.9 Å². The Labute approximate surface area is 274 Å². The summed E-state index contributed by atoms with van der Waals surface area (Å²) in [6.07, 6.45) is 0. The van der Waals surface area contributed by atoms with Crippen molar-refractivity contribution in [3.05, 3.63) is 188 Å². The molecule has 0 unspecified atom stereocenters. The smallest absolute Gasteiger partial charge is 0.0546 e. The Kier molecular flexibility index (Phi) is 6.54. The van der Waals surface area contributed by atoms with Gasteiger partial charge in [0.25, 0.3) is 0 Å². The molecular weight excluding hydrogens is 567 g/mol. The van der Waals surface area contributed by atoms with Gasteiger partial charge in [0.05, 0.1) is 5.69 Å². The Hall–Kier alpha value is -6.18. The van der Waals surface area contributed by atoms with E-state index in [0.717, 1.165) is 17.1 Å². The first-order valence-electron chi connectivity index (χ1n) is 16.2. The quantitative estimate of drug-likeness (QED) is 0.178. The van der Waals surface area contributed by atoms with Crippen molar-refractivity contribution in [2.75, 3.05) is 4.90 Å². The fourth-order valence-electron chi connectivity index (χ4n) is 7.17. The van der Waals surface area contributed by atoms with E-state index in [0.29, 0.717) is 0 Å². The van der Waals surface area contributed by atoms with Crippen LogP contribution in [0.3, 0.4) is 0 Å². The van der Waals surface area contributed by atoms with Crippen molar-refractivity contribution in [3.8, 4) is 22.3 Å². The van der Waals surface area contributed by atoms with Crippen LogP contribution < -0.4 is 4.90 Å². The van der Waals surface area contributed by atoms with Gasteiger partial charge in [-0.2, -0.15) is 0 Å². The molecule has 0 aromatic heterocycles. The zero-order chi connectivity index (χ0) is 31.2. The molecule has 0 aliphatic heterocycles. The summed E-state index contributed by atoms with van der Waals surface area (Å²) >= 11 is 0. The second-order valence-corrected chi connectivity index (χ2v) is 12.2. The summed E-state index contributed by atoms with van der Waals surface area (Å²) in [5.74, 6) is 0. The topological polar surface area (TPSA) is 3.24 Å². The predicted molar refractivity (Wildman–Crippen MR) is 202 cm³/mol. The van der Waals surface area contributed by atoms with E-state index in [1.165, 1.54) is 65.3 Å².